The van der Waals surface area contributed by atoms with Crippen LogP contribution < -0.4 is 5.73 Å². The SMILES string of the molecule is Nc1cccc(CC2CCCC2)n1. The number of anilines is 1. The molecule has 0 atom stereocenters. The van der Waals surface area contributed by atoms with Gasteiger partial charge < -0.3 is 5.73 Å². The maximum absolute atomic E-state index is 5.62. The van der Waals surface area contributed by atoms with E-state index >= 15 is 0 Å². The molecular formula is C11H16N2. The van der Waals surface area contributed by atoms with Gasteiger partial charge in [0, 0.05) is 5.69 Å². The van der Waals surface area contributed by atoms with E-state index in [1.165, 1.54) is 25.7 Å². The Hall–Kier alpha value is -1.05. The van der Waals surface area contributed by atoms with Crippen LogP contribution in [0.5, 0.6) is 0 Å². The maximum atomic E-state index is 5.62. The molecule has 0 aliphatic heterocycles. The van der Waals surface area contributed by atoms with E-state index in [4.69, 9.17) is 5.73 Å². The van der Waals surface area contributed by atoms with E-state index in [9.17, 15) is 0 Å². The van der Waals surface area contributed by atoms with Gasteiger partial charge in [0.15, 0.2) is 0 Å². The third-order valence-electron chi connectivity index (χ3n) is 2.80. The number of hydrogen-bond acceptors (Lipinski definition) is 2. The summed E-state index contributed by atoms with van der Waals surface area (Å²) >= 11 is 0. The molecular weight excluding hydrogens is 160 g/mol. The highest BCUT2D eigenvalue weighted by Gasteiger charge is 2.15. The minimum Gasteiger partial charge on any atom is -0.384 e. The summed E-state index contributed by atoms with van der Waals surface area (Å²) in [5.41, 5.74) is 6.78. The Morgan fingerprint density at radius 1 is 1.31 bits per heavy atom. The van der Waals surface area contributed by atoms with Crippen molar-refractivity contribution >= 4 is 5.82 Å². The highest BCUT2D eigenvalue weighted by atomic mass is 14.8. The third kappa shape index (κ3) is 2.20. The number of rotatable bonds is 2. The number of hydrogen-bond donors (Lipinski definition) is 1. The highest BCUT2D eigenvalue weighted by molar-refractivity contribution is 5.28. The quantitative estimate of drug-likeness (QED) is 0.751. The number of nitrogen functional groups attached to an aromatic ring is 1. The van der Waals surface area contributed by atoms with E-state index in [-0.39, 0.29) is 0 Å². The molecule has 0 amide bonds. The van der Waals surface area contributed by atoms with E-state index in [1.807, 2.05) is 12.1 Å². The maximum Gasteiger partial charge on any atom is 0.123 e. The van der Waals surface area contributed by atoms with Gasteiger partial charge in [0.05, 0.1) is 0 Å². The molecule has 1 saturated carbocycles. The summed E-state index contributed by atoms with van der Waals surface area (Å²) < 4.78 is 0. The molecule has 1 heterocycles. The van der Waals surface area contributed by atoms with Crippen LogP contribution in [0.3, 0.4) is 0 Å². The number of nitrogens with two attached hydrogens (primary N) is 1. The minimum atomic E-state index is 0.649. The predicted octanol–water partition coefficient (Wildman–Crippen LogP) is 2.40. The zero-order valence-corrected chi connectivity index (χ0v) is 7.87. The number of aromatic nitrogens is 1. The van der Waals surface area contributed by atoms with Crippen LogP contribution in [-0.4, -0.2) is 4.98 Å². The fourth-order valence-electron chi connectivity index (χ4n) is 2.12. The Bertz CT molecular complexity index is 277. The van der Waals surface area contributed by atoms with E-state index < -0.39 is 0 Å². The molecule has 0 saturated heterocycles. The molecule has 1 aromatic rings. The summed E-state index contributed by atoms with van der Waals surface area (Å²) in [5, 5.41) is 0. The van der Waals surface area contributed by atoms with Gasteiger partial charge in [0.25, 0.3) is 0 Å². The largest absolute Gasteiger partial charge is 0.384 e. The van der Waals surface area contributed by atoms with Crippen molar-refractivity contribution in [2.24, 2.45) is 5.92 Å². The van der Waals surface area contributed by atoms with Crippen LogP contribution in [0.25, 0.3) is 0 Å². The second-order valence-corrected chi connectivity index (χ2v) is 3.91. The second-order valence-electron chi connectivity index (χ2n) is 3.91. The van der Waals surface area contributed by atoms with Gasteiger partial charge in [0.2, 0.25) is 0 Å². The molecule has 1 aromatic heterocycles. The molecule has 13 heavy (non-hydrogen) atoms. The average molecular weight is 176 g/mol. The van der Waals surface area contributed by atoms with Crippen LogP contribution >= 0.6 is 0 Å². The number of pyridine rings is 1. The first-order valence-electron chi connectivity index (χ1n) is 5.06. The molecule has 1 fully saturated rings. The fraction of sp³-hybridized carbons (Fsp3) is 0.545. The van der Waals surface area contributed by atoms with Gasteiger partial charge in [-0.3, -0.25) is 0 Å². The fourth-order valence-corrected chi connectivity index (χ4v) is 2.12. The standard InChI is InChI=1S/C11H16N2/c12-11-7-3-6-10(13-11)8-9-4-1-2-5-9/h3,6-7,9H,1-2,4-5,8H2,(H2,12,13). The van der Waals surface area contributed by atoms with Crippen LogP contribution in [0.1, 0.15) is 31.4 Å². The molecule has 1 aliphatic rings. The predicted molar refractivity (Wildman–Crippen MR) is 54.3 cm³/mol. The lowest BCUT2D eigenvalue weighted by Gasteiger charge is -2.07. The van der Waals surface area contributed by atoms with Gasteiger partial charge in [-0.2, -0.15) is 0 Å². The molecule has 2 nitrogen and oxygen atoms in total. The Balaban J connectivity index is 2.00. The lowest BCUT2D eigenvalue weighted by molar-refractivity contribution is 0.539. The van der Waals surface area contributed by atoms with Crippen molar-refractivity contribution < 1.29 is 0 Å². The van der Waals surface area contributed by atoms with Gasteiger partial charge in [-0.25, -0.2) is 4.98 Å². The van der Waals surface area contributed by atoms with Crippen LogP contribution in [0.4, 0.5) is 5.82 Å². The second kappa shape index (κ2) is 3.77. The van der Waals surface area contributed by atoms with Gasteiger partial charge in [-0.1, -0.05) is 31.7 Å². The smallest absolute Gasteiger partial charge is 0.123 e. The van der Waals surface area contributed by atoms with Crippen molar-refractivity contribution in [1.82, 2.24) is 4.98 Å². The lowest BCUT2D eigenvalue weighted by atomic mass is 10.0. The molecule has 2 heteroatoms. The summed E-state index contributed by atoms with van der Waals surface area (Å²) in [4.78, 5) is 4.31. The van der Waals surface area contributed by atoms with Crippen LogP contribution in [-0.2, 0) is 6.42 Å². The summed E-state index contributed by atoms with van der Waals surface area (Å²) in [6, 6.07) is 5.92. The molecule has 70 valence electrons. The zero-order valence-electron chi connectivity index (χ0n) is 7.87. The number of nitrogens with zero attached hydrogens (tertiary/aromatic N) is 1. The van der Waals surface area contributed by atoms with E-state index in [0.29, 0.717) is 5.82 Å². The van der Waals surface area contributed by atoms with Crippen molar-refractivity contribution in [3.8, 4) is 0 Å². The van der Waals surface area contributed by atoms with E-state index in [0.717, 1.165) is 18.0 Å². The van der Waals surface area contributed by atoms with E-state index in [1.54, 1.807) is 0 Å². The van der Waals surface area contributed by atoms with E-state index in [2.05, 4.69) is 11.1 Å². The Kier molecular flexibility index (Phi) is 2.48. The normalized spacial score (nSPS) is 17.8. The zero-order chi connectivity index (χ0) is 9.10. The first kappa shape index (κ1) is 8.54. The van der Waals surface area contributed by atoms with Crippen LogP contribution in [0.15, 0.2) is 18.2 Å². The first-order chi connectivity index (χ1) is 6.34. The molecule has 2 rings (SSSR count). The van der Waals surface area contributed by atoms with Gasteiger partial charge in [-0.15, -0.1) is 0 Å². The molecule has 1 aliphatic carbocycles. The average Bonchev–Trinajstić information content (AvgIpc) is 2.57. The van der Waals surface area contributed by atoms with Crippen molar-refractivity contribution in [3.05, 3.63) is 23.9 Å². The van der Waals surface area contributed by atoms with Gasteiger partial charge >= 0.3 is 0 Å². The third-order valence-corrected chi connectivity index (χ3v) is 2.80. The van der Waals surface area contributed by atoms with Crippen LogP contribution in [0, 0.1) is 5.92 Å². The summed E-state index contributed by atoms with van der Waals surface area (Å²) in [7, 11) is 0. The summed E-state index contributed by atoms with van der Waals surface area (Å²) in [5.74, 6) is 1.50. The first-order valence-corrected chi connectivity index (χ1v) is 5.06. The van der Waals surface area contributed by atoms with Crippen molar-refractivity contribution in [2.45, 2.75) is 32.1 Å². The van der Waals surface area contributed by atoms with Crippen LogP contribution in [0.2, 0.25) is 0 Å². The molecule has 0 radical (unpaired) electrons. The molecule has 0 spiro atoms. The molecule has 0 bridgehead atoms. The van der Waals surface area contributed by atoms with Crippen molar-refractivity contribution in [1.29, 1.82) is 0 Å². The van der Waals surface area contributed by atoms with Gasteiger partial charge in [0.1, 0.15) is 5.82 Å². The Morgan fingerprint density at radius 2 is 2.08 bits per heavy atom. The monoisotopic (exact) mass is 176 g/mol. The van der Waals surface area contributed by atoms with Gasteiger partial charge in [-0.05, 0) is 24.5 Å². The highest BCUT2D eigenvalue weighted by Crippen LogP contribution is 2.27. The Labute approximate surface area is 79.2 Å². The molecule has 0 unspecified atom stereocenters. The minimum absolute atomic E-state index is 0.649. The Morgan fingerprint density at radius 3 is 2.77 bits per heavy atom. The lowest BCUT2D eigenvalue weighted by Crippen LogP contribution is -2.02. The summed E-state index contributed by atoms with van der Waals surface area (Å²) in [6.07, 6.45) is 6.65. The van der Waals surface area contributed by atoms with Crippen molar-refractivity contribution in [3.63, 3.8) is 0 Å². The van der Waals surface area contributed by atoms with Crippen molar-refractivity contribution in [2.75, 3.05) is 5.73 Å². The molecule has 2 N–H and O–H groups in total. The molecule has 0 aromatic carbocycles. The topological polar surface area (TPSA) is 38.9 Å². The summed E-state index contributed by atoms with van der Waals surface area (Å²) in [6.45, 7) is 0.